The van der Waals surface area contributed by atoms with E-state index in [4.69, 9.17) is 4.74 Å². The minimum Gasteiger partial charge on any atom is -0.481 e. The van der Waals surface area contributed by atoms with Crippen LogP contribution in [0.2, 0.25) is 0 Å². The molecule has 2 N–H and O–H groups in total. The van der Waals surface area contributed by atoms with Gasteiger partial charge in [0, 0.05) is 31.4 Å². The van der Waals surface area contributed by atoms with Crippen LogP contribution in [0.25, 0.3) is 0 Å². The highest BCUT2D eigenvalue weighted by Crippen LogP contribution is 2.13. The monoisotopic (exact) mass is 388 g/mol. The van der Waals surface area contributed by atoms with E-state index in [2.05, 4.69) is 32.8 Å². The van der Waals surface area contributed by atoms with Crippen molar-refractivity contribution >= 4 is 29.9 Å². The van der Waals surface area contributed by atoms with Crippen LogP contribution in [-0.4, -0.2) is 31.1 Å². The van der Waals surface area contributed by atoms with Gasteiger partial charge in [0.2, 0.25) is 5.88 Å². The number of methoxy groups -OCH3 is 1. The maximum Gasteiger partial charge on any atom is 0.218 e. The van der Waals surface area contributed by atoms with E-state index < -0.39 is 0 Å². The summed E-state index contributed by atoms with van der Waals surface area (Å²) in [6.45, 7) is 0.636. The molecule has 0 aliphatic heterocycles. The molecule has 0 aromatic carbocycles. The fourth-order valence-electron chi connectivity index (χ4n) is 2.04. The van der Waals surface area contributed by atoms with Crippen LogP contribution >= 0.6 is 24.0 Å². The SMILES string of the molecule is CN=C(NCc1cccnc1OC)NC1CC=CC1.I. The summed E-state index contributed by atoms with van der Waals surface area (Å²) in [5.74, 6) is 1.45. The number of nitrogens with one attached hydrogen (secondary N) is 2. The molecule has 0 saturated heterocycles. The number of halogens is 1. The molecule has 0 radical (unpaired) electrons. The van der Waals surface area contributed by atoms with Crippen LogP contribution in [0.5, 0.6) is 5.88 Å². The predicted molar refractivity (Wildman–Crippen MR) is 91.7 cm³/mol. The summed E-state index contributed by atoms with van der Waals surface area (Å²) >= 11 is 0. The van der Waals surface area contributed by atoms with Gasteiger partial charge in [-0.05, 0) is 18.9 Å². The Kier molecular flexibility index (Phi) is 7.35. The van der Waals surface area contributed by atoms with E-state index in [1.165, 1.54) is 0 Å². The van der Waals surface area contributed by atoms with E-state index >= 15 is 0 Å². The molecule has 0 unspecified atom stereocenters. The highest BCUT2D eigenvalue weighted by molar-refractivity contribution is 14.0. The van der Waals surface area contributed by atoms with Gasteiger partial charge in [-0.1, -0.05) is 18.2 Å². The lowest BCUT2D eigenvalue weighted by Gasteiger charge is -2.17. The van der Waals surface area contributed by atoms with Crippen LogP contribution < -0.4 is 15.4 Å². The van der Waals surface area contributed by atoms with Gasteiger partial charge in [0.25, 0.3) is 0 Å². The van der Waals surface area contributed by atoms with Gasteiger partial charge >= 0.3 is 0 Å². The maximum absolute atomic E-state index is 5.22. The first-order valence-electron chi connectivity index (χ1n) is 6.43. The van der Waals surface area contributed by atoms with Crippen molar-refractivity contribution in [2.75, 3.05) is 14.2 Å². The topological polar surface area (TPSA) is 58.5 Å². The van der Waals surface area contributed by atoms with Gasteiger partial charge in [-0.25, -0.2) is 4.98 Å². The lowest BCUT2D eigenvalue weighted by Crippen LogP contribution is -2.42. The van der Waals surface area contributed by atoms with Crippen molar-refractivity contribution in [1.29, 1.82) is 0 Å². The number of guanidine groups is 1. The number of nitrogens with zero attached hydrogens (tertiary/aromatic N) is 2. The van der Waals surface area contributed by atoms with Crippen molar-refractivity contribution in [2.45, 2.75) is 25.4 Å². The quantitative estimate of drug-likeness (QED) is 0.359. The Morgan fingerprint density at radius 3 is 2.85 bits per heavy atom. The van der Waals surface area contributed by atoms with Gasteiger partial charge in [0.05, 0.1) is 7.11 Å². The maximum atomic E-state index is 5.22. The predicted octanol–water partition coefficient (Wildman–Crippen LogP) is 2.09. The molecule has 110 valence electrons. The van der Waals surface area contributed by atoms with Crippen LogP contribution in [-0.2, 0) is 6.54 Å². The van der Waals surface area contributed by atoms with Gasteiger partial charge in [0.1, 0.15) is 0 Å². The second-order valence-corrected chi connectivity index (χ2v) is 4.38. The van der Waals surface area contributed by atoms with Crippen molar-refractivity contribution in [3.63, 3.8) is 0 Å². The molecule has 0 saturated carbocycles. The van der Waals surface area contributed by atoms with Crippen molar-refractivity contribution in [3.8, 4) is 5.88 Å². The molecule has 1 aliphatic carbocycles. The minimum absolute atomic E-state index is 0. The van der Waals surface area contributed by atoms with E-state index in [0.717, 1.165) is 24.4 Å². The zero-order valence-electron chi connectivity index (χ0n) is 11.8. The fourth-order valence-corrected chi connectivity index (χ4v) is 2.04. The third-order valence-corrected chi connectivity index (χ3v) is 3.06. The third-order valence-electron chi connectivity index (χ3n) is 3.06. The zero-order chi connectivity index (χ0) is 13.5. The van der Waals surface area contributed by atoms with Gasteiger partial charge < -0.3 is 15.4 Å². The molecule has 2 rings (SSSR count). The Hall–Kier alpha value is -1.31. The van der Waals surface area contributed by atoms with Crippen LogP contribution in [0.4, 0.5) is 0 Å². The molecule has 1 aromatic heterocycles. The average Bonchev–Trinajstić information content (AvgIpc) is 2.96. The summed E-state index contributed by atoms with van der Waals surface area (Å²) in [6.07, 6.45) is 8.21. The first-order chi connectivity index (χ1) is 9.33. The Morgan fingerprint density at radius 1 is 1.45 bits per heavy atom. The van der Waals surface area contributed by atoms with E-state index in [-0.39, 0.29) is 24.0 Å². The molecule has 1 aromatic rings. The number of hydrogen-bond acceptors (Lipinski definition) is 3. The molecule has 1 aliphatic rings. The third kappa shape index (κ3) is 4.66. The van der Waals surface area contributed by atoms with Crippen LogP contribution in [0.15, 0.2) is 35.5 Å². The molecule has 5 nitrogen and oxygen atoms in total. The summed E-state index contributed by atoms with van der Waals surface area (Å²) in [5.41, 5.74) is 1.01. The zero-order valence-corrected chi connectivity index (χ0v) is 14.1. The molecule has 6 heteroatoms. The molecule has 0 bridgehead atoms. The van der Waals surface area contributed by atoms with Crippen molar-refractivity contribution in [3.05, 3.63) is 36.0 Å². The molecular formula is C14H21IN4O. The lowest BCUT2D eigenvalue weighted by molar-refractivity contribution is 0.392. The smallest absolute Gasteiger partial charge is 0.218 e. The number of pyridine rings is 1. The van der Waals surface area contributed by atoms with Crippen LogP contribution in [0, 0.1) is 0 Å². The highest BCUT2D eigenvalue weighted by Gasteiger charge is 2.12. The number of aliphatic imine (C=N–C) groups is 1. The van der Waals surface area contributed by atoms with Crippen molar-refractivity contribution < 1.29 is 4.74 Å². The molecule has 0 spiro atoms. The Labute approximate surface area is 136 Å². The van der Waals surface area contributed by atoms with E-state index in [1.807, 2.05) is 12.1 Å². The van der Waals surface area contributed by atoms with Crippen LogP contribution in [0.1, 0.15) is 18.4 Å². The average molecular weight is 388 g/mol. The number of hydrogen-bond donors (Lipinski definition) is 2. The summed E-state index contributed by atoms with van der Waals surface area (Å²) in [5, 5.41) is 6.67. The Morgan fingerprint density at radius 2 is 2.20 bits per heavy atom. The summed E-state index contributed by atoms with van der Waals surface area (Å²) < 4.78 is 5.22. The van der Waals surface area contributed by atoms with Crippen molar-refractivity contribution in [1.82, 2.24) is 15.6 Å². The fraction of sp³-hybridized carbons (Fsp3) is 0.429. The van der Waals surface area contributed by atoms with E-state index in [1.54, 1.807) is 20.4 Å². The second-order valence-electron chi connectivity index (χ2n) is 4.38. The van der Waals surface area contributed by atoms with Crippen molar-refractivity contribution in [2.24, 2.45) is 4.99 Å². The lowest BCUT2D eigenvalue weighted by atomic mass is 10.2. The molecular weight excluding hydrogens is 367 g/mol. The van der Waals surface area contributed by atoms with Crippen LogP contribution in [0.3, 0.4) is 0 Å². The van der Waals surface area contributed by atoms with E-state index in [0.29, 0.717) is 18.5 Å². The normalized spacial score (nSPS) is 14.8. The number of rotatable bonds is 4. The van der Waals surface area contributed by atoms with Gasteiger partial charge in [-0.15, -0.1) is 24.0 Å². The van der Waals surface area contributed by atoms with E-state index in [9.17, 15) is 0 Å². The Bertz CT molecular complexity index is 468. The minimum atomic E-state index is 0. The first kappa shape index (κ1) is 16.7. The molecule has 0 fully saturated rings. The first-order valence-corrected chi connectivity index (χ1v) is 6.43. The molecule has 1 heterocycles. The molecule has 20 heavy (non-hydrogen) atoms. The summed E-state index contributed by atoms with van der Waals surface area (Å²) in [4.78, 5) is 8.40. The molecule has 0 amide bonds. The number of aromatic nitrogens is 1. The standard InChI is InChI=1S/C14H20N4O.HI/c1-15-14(18-12-7-3-4-8-12)17-10-11-6-5-9-16-13(11)19-2;/h3-6,9,12H,7-8,10H2,1-2H3,(H2,15,17,18);1H. The summed E-state index contributed by atoms with van der Waals surface area (Å²) in [7, 11) is 3.40. The summed E-state index contributed by atoms with van der Waals surface area (Å²) in [6, 6.07) is 4.34. The second kappa shape index (κ2) is 8.78. The Balaban J connectivity index is 0.00000200. The molecule has 0 atom stereocenters. The van der Waals surface area contributed by atoms with Gasteiger partial charge in [-0.2, -0.15) is 0 Å². The largest absolute Gasteiger partial charge is 0.481 e. The number of ether oxygens (including phenoxy) is 1. The van der Waals surface area contributed by atoms with Gasteiger partial charge in [-0.3, -0.25) is 4.99 Å². The van der Waals surface area contributed by atoms with Gasteiger partial charge in [0.15, 0.2) is 5.96 Å². The highest BCUT2D eigenvalue weighted by atomic mass is 127.